The zero-order valence-corrected chi connectivity index (χ0v) is 13.4. The molecule has 0 atom stereocenters. The molecule has 0 bridgehead atoms. The highest BCUT2D eigenvalue weighted by Crippen LogP contribution is 2.33. The molecule has 0 fully saturated rings. The Bertz CT molecular complexity index is 918. The summed E-state index contributed by atoms with van der Waals surface area (Å²) in [5, 5.41) is 14.3. The van der Waals surface area contributed by atoms with Crippen LogP contribution in [-0.4, -0.2) is 25.7 Å². The fourth-order valence-corrected chi connectivity index (χ4v) is 2.85. The maximum atomic E-state index is 11.4. The summed E-state index contributed by atoms with van der Waals surface area (Å²) in [6.45, 7) is 3.80. The highest BCUT2D eigenvalue weighted by Gasteiger charge is 2.22. The van der Waals surface area contributed by atoms with Crippen molar-refractivity contribution in [1.82, 2.24) is 14.6 Å². The second kappa shape index (κ2) is 5.55. The fourth-order valence-electron chi connectivity index (χ4n) is 2.66. The van der Waals surface area contributed by atoms with Crippen molar-refractivity contribution in [3.63, 3.8) is 0 Å². The van der Waals surface area contributed by atoms with Crippen LogP contribution in [0.5, 0.6) is 0 Å². The molecule has 0 spiro atoms. The van der Waals surface area contributed by atoms with Crippen LogP contribution in [0.3, 0.4) is 0 Å². The normalized spacial score (nSPS) is 11.3. The molecule has 118 valence electrons. The molecule has 3 rings (SSSR count). The molecule has 23 heavy (non-hydrogen) atoms. The molecule has 3 N–H and O–H groups in total. The highest BCUT2D eigenvalue weighted by atomic mass is 35.5. The van der Waals surface area contributed by atoms with Crippen molar-refractivity contribution in [2.45, 2.75) is 19.8 Å². The zero-order valence-electron chi connectivity index (χ0n) is 12.6. The van der Waals surface area contributed by atoms with E-state index < -0.39 is 5.97 Å². The summed E-state index contributed by atoms with van der Waals surface area (Å²) in [5.74, 6) is -0.816. The van der Waals surface area contributed by atoms with Gasteiger partial charge < -0.3 is 10.8 Å². The van der Waals surface area contributed by atoms with Gasteiger partial charge in [0.05, 0.1) is 16.8 Å². The third-order valence-corrected chi connectivity index (χ3v) is 3.83. The second-order valence-corrected chi connectivity index (χ2v) is 5.96. The Morgan fingerprint density at radius 1 is 1.39 bits per heavy atom. The smallest absolute Gasteiger partial charge is 0.339 e. The van der Waals surface area contributed by atoms with Gasteiger partial charge in [-0.2, -0.15) is 0 Å². The molecule has 7 heteroatoms. The standard InChI is InChI=1S/C16H15ClN4O2/c1-8(2)13-11(16(22)23)7-19-15-12(14(18)20-21(13)15)9-4-3-5-10(17)6-9/h3-8H,1-2H3,(H2,18,20)(H,22,23). The van der Waals surface area contributed by atoms with E-state index in [9.17, 15) is 9.90 Å². The lowest BCUT2D eigenvalue weighted by Crippen LogP contribution is -2.12. The van der Waals surface area contributed by atoms with Crippen LogP contribution in [0, 0.1) is 0 Å². The average molecular weight is 331 g/mol. The van der Waals surface area contributed by atoms with E-state index in [1.165, 1.54) is 10.7 Å². The molecule has 3 aromatic rings. The molecule has 0 amide bonds. The van der Waals surface area contributed by atoms with Crippen LogP contribution in [0.4, 0.5) is 5.82 Å². The van der Waals surface area contributed by atoms with E-state index in [0.717, 1.165) is 5.56 Å². The third-order valence-electron chi connectivity index (χ3n) is 3.60. The Morgan fingerprint density at radius 3 is 2.74 bits per heavy atom. The van der Waals surface area contributed by atoms with Gasteiger partial charge in [-0.05, 0) is 23.6 Å². The van der Waals surface area contributed by atoms with Gasteiger partial charge in [0, 0.05) is 11.2 Å². The van der Waals surface area contributed by atoms with Gasteiger partial charge >= 0.3 is 5.97 Å². The van der Waals surface area contributed by atoms with Crippen LogP contribution in [-0.2, 0) is 0 Å². The van der Waals surface area contributed by atoms with Crippen molar-refractivity contribution < 1.29 is 9.90 Å². The summed E-state index contributed by atoms with van der Waals surface area (Å²) in [6, 6.07) is 7.22. The number of rotatable bonds is 3. The predicted molar refractivity (Wildman–Crippen MR) is 88.9 cm³/mol. The molecule has 0 saturated heterocycles. The molecule has 2 aromatic heterocycles. The van der Waals surface area contributed by atoms with Crippen molar-refractivity contribution in [2.75, 3.05) is 5.73 Å². The summed E-state index contributed by atoms with van der Waals surface area (Å²) < 4.78 is 1.51. The Kier molecular flexibility index (Phi) is 3.69. The molecule has 2 heterocycles. The van der Waals surface area contributed by atoms with Gasteiger partial charge in [0.2, 0.25) is 0 Å². The SMILES string of the molecule is CC(C)c1c(C(=O)O)cnc2c(-c3cccc(Cl)c3)c(N)nn12. The number of nitrogens with two attached hydrogens (primary N) is 1. The number of hydrogen-bond acceptors (Lipinski definition) is 4. The van der Waals surface area contributed by atoms with E-state index in [-0.39, 0.29) is 17.3 Å². The van der Waals surface area contributed by atoms with Crippen LogP contribution >= 0.6 is 11.6 Å². The monoisotopic (exact) mass is 330 g/mol. The first kappa shape index (κ1) is 15.3. The van der Waals surface area contributed by atoms with Crippen LogP contribution in [0.1, 0.15) is 35.8 Å². The van der Waals surface area contributed by atoms with Gasteiger partial charge in [-0.3, -0.25) is 0 Å². The molecule has 0 aliphatic carbocycles. The van der Waals surface area contributed by atoms with Crippen LogP contribution in [0.15, 0.2) is 30.5 Å². The van der Waals surface area contributed by atoms with Gasteiger partial charge in [-0.25, -0.2) is 14.3 Å². The average Bonchev–Trinajstić information content (AvgIpc) is 2.81. The minimum absolute atomic E-state index is 0.0573. The van der Waals surface area contributed by atoms with E-state index >= 15 is 0 Å². The fraction of sp³-hybridized carbons (Fsp3) is 0.188. The minimum Gasteiger partial charge on any atom is -0.478 e. The Balaban J connectivity index is 2.37. The molecule has 0 saturated carbocycles. The number of carboxylic acid groups (broad SMARTS) is 1. The van der Waals surface area contributed by atoms with Gasteiger partial charge in [-0.15, -0.1) is 5.10 Å². The van der Waals surface area contributed by atoms with Crippen molar-refractivity contribution in [3.05, 3.63) is 46.7 Å². The van der Waals surface area contributed by atoms with Gasteiger partial charge in [0.25, 0.3) is 0 Å². The first-order valence-electron chi connectivity index (χ1n) is 7.06. The molecule has 6 nitrogen and oxygen atoms in total. The van der Waals surface area contributed by atoms with E-state index in [4.69, 9.17) is 17.3 Å². The number of halogens is 1. The molecule has 0 radical (unpaired) electrons. The maximum absolute atomic E-state index is 11.4. The Labute approximate surface area is 137 Å². The number of carboxylic acids is 1. The van der Waals surface area contributed by atoms with Crippen molar-refractivity contribution in [3.8, 4) is 11.1 Å². The number of fused-ring (bicyclic) bond motifs is 1. The third kappa shape index (κ3) is 2.51. The number of hydrogen-bond donors (Lipinski definition) is 2. The number of aromatic nitrogens is 3. The lowest BCUT2D eigenvalue weighted by atomic mass is 10.0. The van der Waals surface area contributed by atoms with E-state index in [0.29, 0.717) is 21.9 Å². The summed E-state index contributed by atoms with van der Waals surface area (Å²) in [6.07, 6.45) is 1.35. The lowest BCUT2D eigenvalue weighted by Gasteiger charge is -2.11. The lowest BCUT2D eigenvalue weighted by molar-refractivity contribution is 0.0693. The van der Waals surface area contributed by atoms with E-state index in [1.807, 2.05) is 26.0 Å². The highest BCUT2D eigenvalue weighted by molar-refractivity contribution is 6.30. The zero-order chi connectivity index (χ0) is 16.7. The predicted octanol–water partition coefficient (Wildman–Crippen LogP) is 3.45. The van der Waals surface area contributed by atoms with Gasteiger partial charge in [0.1, 0.15) is 0 Å². The Morgan fingerprint density at radius 2 is 2.13 bits per heavy atom. The number of anilines is 1. The van der Waals surface area contributed by atoms with Gasteiger partial charge in [0.15, 0.2) is 11.5 Å². The van der Waals surface area contributed by atoms with Crippen molar-refractivity contribution in [2.24, 2.45) is 0 Å². The molecular weight excluding hydrogens is 316 g/mol. The van der Waals surface area contributed by atoms with Crippen LogP contribution in [0.2, 0.25) is 5.02 Å². The van der Waals surface area contributed by atoms with E-state index in [1.54, 1.807) is 12.1 Å². The van der Waals surface area contributed by atoms with Crippen molar-refractivity contribution in [1.29, 1.82) is 0 Å². The largest absolute Gasteiger partial charge is 0.478 e. The summed E-state index contributed by atoms with van der Waals surface area (Å²) in [7, 11) is 0. The minimum atomic E-state index is -1.04. The molecule has 1 aromatic carbocycles. The second-order valence-electron chi connectivity index (χ2n) is 5.52. The molecular formula is C16H15ClN4O2. The quantitative estimate of drug-likeness (QED) is 0.767. The summed E-state index contributed by atoms with van der Waals surface area (Å²) in [4.78, 5) is 15.7. The number of nitrogens with zero attached hydrogens (tertiary/aromatic N) is 3. The number of carbonyl (C=O) groups is 1. The molecule has 0 aliphatic rings. The van der Waals surface area contributed by atoms with Crippen molar-refractivity contribution >= 4 is 29.0 Å². The number of aromatic carboxylic acids is 1. The summed E-state index contributed by atoms with van der Waals surface area (Å²) >= 11 is 6.05. The van der Waals surface area contributed by atoms with Crippen LogP contribution in [0.25, 0.3) is 16.8 Å². The van der Waals surface area contributed by atoms with Crippen LogP contribution < -0.4 is 5.73 Å². The topological polar surface area (TPSA) is 93.5 Å². The first-order chi connectivity index (χ1) is 10.9. The first-order valence-corrected chi connectivity index (χ1v) is 7.44. The summed E-state index contributed by atoms with van der Waals surface area (Å²) in [5.41, 5.74) is 8.69. The molecule has 0 unspecified atom stereocenters. The number of benzene rings is 1. The van der Waals surface area contributed by atoms with Gasteiger partial charge in [-0.1, -0.05) is 37.6 Å². The Hall–Kier alpha value is -2.60. The maximum Gasteiger partial charge on any atom is 0.339 e. The van der Waals surface area contributed by atoms with E-state index in [2.05, 4.69) is 10.1 Å². The molecule has 0 aliphatic heterocycles. The number of nitrogen functional groups attached to an aromatic ring is 1.